The molecule has 1 aromatic carbocycles. The first-order valence-corrected chi connectivity index (χ1v) is 7.69. The Balaban J connectivity index is 0.00000176. The van der Waals surface area contributed by atoms with Crippen molar-refractivity contribution in [3.8, 4) is 6.07 Å². The maximum atomic E-state index is 12.6. The average molecular weight is 320 g/mol. The van der Waals surface area contributed by atoms with Gasteiger partial charge in [0.1, 0.15) is 6.04 Å². The van der Waals surface area contributed by atoms with E-state index in [1.54, 1.807) is 4.90 Å². The number of hydrogen-bond acceptors (Lipinski definition) is 3. The molecular formula is C17H22ClN3O. The molecule has 3 rings (SSSR count). The standard InChI is InChI=1S/C17H21N3O.ClH/c1-12-4-2-5-13(8-12)14-9-16(19-11-14)17(21)20-7-3-6-15(20)10-18;/h2,4-5,8,14-16,19H,3,6-7,9,11H2,1H3;1H/t14-,15-,16-;/m0./s1. The average Bonchev–Trinajstić information content (AvgIpc) is 3.15. The zero-order valence-corrected chi connectivity index (χ0v) is 13.6. The third-order valence-electron chi connectivity index (χ3n) is 4.63. The van der Waals surface area contributed by atoms with Crippen molar-refractivity contribution in [2.45, 2.75) is 44.2 Å². The molecule has 0 saturated carbocycles. The van der Waals surface area contributed by atoms with Gasteiger partial charge in [0, 0.05) is 13.1 Å². The van der Waals surface area contributed by atoms with Gasteiger partial charge in [-0.3, -0.25) is 4.79 Å². The van der Waals surface area contributed by atoms with Crippen molar-refractivity contribution in [2.75, 3.05) is 13.1 Å². The van der Waals surface area contributed by atoms with Gasteiger partial charge in [0.05, 0.1) is 12.1 Å². The van der Waals surface area contributed by atoms with Crippen LogP contribution in [0.4, 0.5) is 0 Å². The molecule has 0 aliphatic carbocycles. The smallest absolute Gasteiger partial charge is 0.240 e. The van der Waals surface area contributed by atoms with Crippen molar-refractivity contribution >= 4 is 18.3 Å². The molecule has 2 saturated heterocycles. The van der Waals surface area contributed by atoms with E-state index >= 15 is 0 Å². The molecule has 4 nitrogen and oxygen atoms in total. The minimum Gasteiger partial charge on any atom is -0.325 e. The maximum absolute atomic E-state index is 12.6. The summed E-state index contributed by atoms with van der Waals surface area (Å²) in [7, 11) is 0. The second-order valence-electron chi connectivity index (χ2n) is 6.13. The van der Waals surface area contributed by atoms with Crippen molar-refractivity contribution in [2.24, 2.45) is 0 Å². The number of amides is 1. The van der Waals surface area contributed by atoms with Crippen LogP contribution in [0.25, 0.3) is 0 Å². The van der Waals surface area contributed by atoms with Gasteiger partial charge in [-0.2, -0.15) is 5.26 Å². The summed E-state index contributed by atoms with van der Waals surface area (Å²) in [5, 5.41) is 12.5. The molecule has 22 heavy (non-hydrogen) atoms. The fraction of sp³-hybridized carbons (Fsp3) is 0.529. The van der Waals surface area contributed by atoms with Crippen LogP contribution in [0.2, 0.25) is 0 Å². The molecule has 0 radical (unpaired) electrons. The molecule has 5 heteroatoms. The fourth-order valence-electron chi connectivity index (χ4n) is 3.47. The molecule has 2 aliphatic heterocycles. The SMILES string of the molecule is Cc1cccc([C@@H]2CN[C@H](C(=O)N3CCC[C@H]3C#N)C2)c1.Cl. The van der Waals surface area contributed by atoms with E-state index in [-0.39, 0.29) is 30.4 Å². The second kappa shape index (κ2) is 7.13. The van der Waals surface area contributed by atoms with Crippen LogP contribution in [-0.2, 0) is 4.79 Å². The van der Waals surface area contributed by atoms with Crippen LogP contribution in [0.5, 0.6) is 0 Å². The number of likely N-dealkylation sites (tertiary alicyclic amines) is 1. The van der Waals surface area contributed by atoms with Crippen LogP contribution >= 0.6 is 12.4 Å². The van der Waals surface area contributed by atoms with Crippen LogP contribution in [0.1, 0.15) is 36.3 Å². The van der Waals surface area contributed by atoms with Crippen LogP contribution in [0.3, 0.4) is 0 Å². The predicted molar refractivity (Wildman–Crippen MR) is 87.9 cm³/mol. The van der Waals surface area contributed by atoms with Crippen LogP contribution in [0.15, 0.2) is 24.3 Å². The molecule has 0 unspecified atom stereocenters. The number of halogens is 1. The Bertz CT molecular complexity index is 584. The lowest BCUT2D eigenvalue weighted by Crippen LogP contribution is -2.45. The highest BCUT2D eigenvalue weighted by Crippen LogP contribution is 2.28. The Morgan fingerprint density at radius 2 is 2.27 bits per heavy atom. The lowest BCUT2D eigenvalue weighted by atomic mass is 9.95. The van der Waals surface area contributed by atoms with Gasteiger partial charge in [-0.25, -0.2) is 0 Å². The summed E-state index contributed by atoms with van der Waals surface area (Å²) in [5.74, 6) is 0.496. The topological polar surface area (TPSA) is 56.1 Å². The zero-order chi connectivity index (χ0) is 14.8. The van der Waals surface area contributed by atoms with Gasteiger partial charge in [-0.05, 0) is 37.7 Å². The molecule has 118 valence electrons. The molecule has 1 N–H and O–H groups in total. The van der Waals surface area contributed by atoms with Gasteiger partial charge in [-0.15, -0.1) is 12.4 Å². The molecule has 1 amide bonds. The Labute approximate surface area is 137 Å². The van der Waals surface area contributed by atoms with E-state index in [1.165, 1.54) is 11.1 Å². The lowest BCUT2D eigenvalue weighted by molar-refractivity contribution is -0.133. The van der Waals surface area contributed by atoms with E-state index in [0.717, 1.165) is 32.4 Å². The second-order valence-corrected chi connectivity index (χ2v) is 6.13. The summed E-state index contributed by atoms with van der Waals surface area (Å²) >= 11 is 0. The zero-order valence-electron chi connectivity index (χ0n) is 12.8. The van der Waals surface area contributed by atoms with Gasteiger partial charge in [0.2, 0.25) is 5.91 Å². The summed E-state index contributed by atoms with van der Waals surface area (Å²) in [6, 6.07) is 10.4. The highest BCUT2D eigenvalue weighted by atomic mass is 35.5. The summed E-state index contributed by atoms with van der Waals surface area (Å²) in [4.78, 5) is 14.3. The first-order valence-electron chi connectivity index (χ1n) is 7.69. The van der Waals surface area contributed by atoms with Gasteiger partial charge < -0.3 is 10.2 Å². The molecule has 2 heterocycles. The minimum absolute atomic E-state index is 0. The Hall–Kier alpha value is -1.57. The number of carbonyl (C=O) groups excluding carboxylic acids is 1. The van der Waals surface area contributed by atoms with Gasteiger partial charge in [-0.1, -0.05) is 29.8 Å². The molecule has 0 aromatic heterocycles. The van der Waals surface area contributed by atoms with E-state index in [9.17, 15) is 4.79 Å². The van der Waals surface area contributed by atoms with Crippen LogP contribution in [-0.4, -0.2) is 36.0 Å². The number of nitrogens with one attached hydrogen (secondary N) is 1. The van der Waals surface area contributed by atoms with E-state index in [0.29, 0.717) is 5.92 Å². The van der Waals surface area contributed by atoms with Crippen LogP contribution < -0.4 is 5.32 Å². The molecule has 1 aromatic rings. The highest BCUT2D eigenvalue weighted by molar-refractivity contribution is 5.85. The van der Waals surface area contributed by atoms with Gasteiger partial charge in [0.25, 0.3) is 0 Å². The largest absolute Gasteiger partial charge is 0.325 e. The number of carbonyl (C=O) groups is 1. The first kappa shape index (κ1) is 16.8. The third kappa shape index (κ3) is 3.26. The van der Waals surface area contributed by atoms with Crippen molar-refractivity contribution in [3.63, 3.8) is 0 Å². The first-order chi connectivity index (χ1) is 10.2. The number of benzene rings is 1. The molecule has 2 aliphatic rings. The fourth-order valence-corrected chi connectivity index (χ4v) is 3.47. The predicted octanol–water partition coefficient (Wildman–Crippen LogP) is 2.38. The van der Waals surface area contributed by atoms with E-state index in [2.05, 4.69) is 42.6 Å². The summed E-state index contributed by atoms with van der Waals surface area (Å²) < 4.78 is 0. The highest BCUT2D eigenvalue weighted by Gasteiger charge is 2.37. The van der Waals surface area contributed by atoms with Crippen molar-refractivity contribution in [1.82, 2.24) is 10.2 Å². The van der Waals surface area contributed by atoms with E-state index in [4.69, 9.17) is 5.26 Å². The molecule has 2 fully saturated rings. The van der Waals surface area contributed by atoms with Gasteiger partial charge >= 0.3 is 0 Å². The Morgan fingerprint density at radius 1 is 1.45 bits per heavy atom. The lowest BCUT2D eigenvalue weighted by Gasteiger charge is -2.23. The normalized spacial score (nSPS) is 27.3. The molecule has 3 atom stereocenters. The number of aryl methyl sites for hydroxylation is 1. The van der Waals surface area contributed by atoms with Crippen LogP contribution in [0, 0.1) is 18.3 Å². The molecule has 0 spiro atoms. The summed E-state index contributed by atoms with van der Waals surface area (Å²) in [6.07, 6.45) is 2.59. The Kier molecular flexibility index (Phi) is 5.44. The van der Waals surface area contributed by atoms with Crippen molar-refractivity contribution < 1.29 is 4.79 Å². The summed E-state index contributed by atoms with van der Waals surface area (Å²) in [5.41, 5.74) is 2.56. The van der Waals surface area contributed by atoms with Gasteiger partial charge in [0.15, 0.2) is 0 Å². The number of hydrogen-bond donors (Lipinski definition) is 1. The number of rotatable bonds is 2. The number of nitrogens with zero attached hydrogens (tertiary/aromatic N) is 2. The van der Waals surface area contributed by atoms with E-state index < -0.39 is 0 Å². The summed E-state index contributed by atoms with van der Waals surface area (Å²) in [6.45, 7) is 3.66. The van der Waals surface area contributed by atoms with Crippen molar-refractivity contribution in [3.05, 3.63) is 35.4 Å². The Morgan fingerprint density at radius 3 is 3.00 bits per heavy atom. The maximum Gasteiger partial charge on any atom is 0.240 e. The monoisotopic (exact) mass is 319 g/mol. The minimum atomic E-state index is -0.225. The number of nitriles is 1. The third-order valence-corrected chi connectivity index (χ3v) is 4.63. The van der Waals surface area contributed by atoms with E-state index in [1.807, 2.05) is 0 Å². The quantitative estimate of drug-likeness (QED) is 0.910. The molecular weight excluding hydrogens is 298 g/mol. The molecule has 0 bridgehead atoms. The van der Waals surface area contributed by atoms with Crippen molar-refractivity contribution in [1.29, 1.82) is 5.26 Å².